The van der Waals surface area contributed by atoms with Crippen LogP contribution < -0.4 is 14.8 Å². The van der Waals surface area contributed by atoms with Crippen molar-refractivity contribution < 1.29 is 27.1 Å². The summed E-state index contributed by atoms with van der Waals surface area (Å²) in [5.74, 6) is 1.43. The molecule has 2 aromatic rings. The number of hydrogen-bond donors (Lipinski definition) is 1. The Hall–Kier alpha value is -2.52. The number of ether oxygens (including phenoxy) is 2. The Kier molecular flexibility index (Phi) is 5.48. The van der Waals surface area contributed by atoms with Gasteiger partial charge >= 0.3 is 0 Å². The topological polar surface area (TPSA) is 98.1 Å². The summed E-state index contributed by atoms with van der Waals surface area (Å²) in [6, 6.07) is 8.49. The number of sulfonamides is 1. The van der Waals surface area contributed by atoms with Crippen LogP contribution in [0.4, 0.5) is 5.69 Å². The quantitative estimate of drug-likeness (QED) is 0.787. The normalized spacial score (nSPS) is 13.6. The van der Waals surface area contributed by atoms with Crippen molar-refractivity contribution in [2.45, 2.75) is 13.0 Å². The molecular weight excluding hydrogens is 360 g/mol. The van der Waals surface area contributed by atoms with Gasteiger partial charge in [-0.3, -0.25) is 4.79 Å². The zero-order valence-electron chi connectivity index (χ0n) is 14.3. The molecule has 1 aromatic carbocycles. The average Bonchev–Trinajstić information content (AvgIpc) is 3.10. The van der Waals surface area contributed by atoms with Crippen LogP contribution in [0.5, 0.6) is 11.5 Å². The third kappa shape index (κ3) is 4.77. The number of fused-ring (bicyclic) bond motifs is 1. The van der Waals surface area contributed by atoms with Gasteiger partial charge in [-0.2, -0.15) is 4.31 Å². The molecule has 8 nitrogen and oxygen atoms in total. The van der Waals surface area contributed by atoms with Gasteiger partial charge in [0.15, 0.2) is 11.5 Å². The first-order valence-corrected chi connectivity index (χ1v) is 9.93. The molecule has 0 spiro atoms. The molecule has 0 bridgehead atoms. The lowest BCUT2D eigenvalue weighted by atomic mass is 10.2. The highest BCUT2D eigenvalue weighted by Gasteiger charge is 2.20. The SMILES string of the molecule is CS(=O)(=O)N(CCC(=O)Nc1ccc2c(c1)OCCO2)Cc1ccco1. The molecule has 0 atom stereocenters. The van der Waals surface area contributed by atoms with Crippen LogP contribution in [0.1, 0.15) is 12.2 Å². The second-order valence-corrected chi connectivity index (χ2v) is 7.81. The largest absolute Gasteiger partial charge is 0.486 e. The molecule has 3 rings (SSSR count). The number of benzene rings is 1. The Labute approximate surface area is 151 Å². The molecule has 140 valence electrons. The van der Waals surface area contributed by atoms with Gasteiger partial charge in [0.2, 0.25) is 15.9 Å². The number of carbonyl (C=O) groups is 1. The lowest BCUT2D eigenvalue weighted by Gasteiger charge is -2.20. The summed E-state index contributed by atoms with van der Waals surface area (Å²) in [4.78, 5) is 12.2. The second-order valence-electron chi connectivity index (χ2n) is 5.83. The van der Waals surface area contributed by atoms with Gasteiger partial charge in [0.25, 0.3) is 0 Å². The van der Waals surface area contributed by atoms with Crippen molar-refractivity contribution >= 4 is 21.6 Å². The van der Waals surface area contributed by atoms with Gasteiger partial charge in [-0.25, -0.2) is 8.42 Å². The molecule has 1 aliphatic heterocycles. The first kappa shape index (κ1) is 18.3. The maximum absolute atomic E-state index is 12.2. The third-order valence-corrected chi connectivity index (χ3v) is 5.05. The summed E-state index contributed by atoms with van der Waals surface area (Å²) < 4.78 is 41.1. The molecule has 1 aromatic heterocycles. The minimum atomic E-state index is -3.46. The molecule has 0 aliphatic carbocycles. The maximum Gasteiger partial charge on any atom is 0.225 e. The minimum absolute atomic E-state index is 0.0161. The maximum atomic E-state index is 12.2. The fraction of sp³-hybridized carbons (Fsp3) is 0.353. The number of furan rings is 1. The van der Waals surface area contributed by atoms with Crippen LogP contribution >= 0.6 is 0 Å². The molecule has 26 heavy (non-hydrogen) atoms. The van der Waals surface area contributed by atoms with E-state index in [1.807, 2.05) is 0 Å². The molecule has 0 unspecified atom stereocenters. The van der Waals surface area contributed by atoms with Gasteiger partial charge < -0.3 is 19.2 Å². The highest BCUT2D eigenvalue weighted by atomic mass is 32.2. The highest BCUT2D eigenvalue weighted by molar-refractivity contribution is 7.88. The van der Waals surface area contributed by atoms with Crippen LogP contribution in [0.2, 0.25) is 0 Å². The van der Waals surface area contributed by atoms with Gasteiger partial charge in [0, 0.05) is 24.7 Å². The van der Waals surface area contributed by atoms with Crippen LogP contribution in [-0.2, 0) is 21.4 Å². The Morgan fingerprint density at radius 1 is 1.19 bits per heavy atom. The van der Waals surface area contributed by atoms with E-state index in [2.05, 4.69) is 5.32 Å². The summed E-state index contributed by atoms with van der Waals surface area (Å²) in [5.41, 5.74) is 0.566. The van der Waals surface area contributed by atoms with Gasteiger partial charge in [0.05, 0.1) is 19.1 Å². The second kappa shape index (κ2) is 7.79. The summed E-state index contributed by atoms with van der Waals surface area (Å²) in [7, 11) is -3.46. The number of nitrogens with one attached hydrogen (secondary N) is 1. The zero-order chi connectivity index (χ0) is 18.6. The molecular formula is C17H20N2O6S. The molecule has 1 aliphatic rings. The standard InChI is InChI=1S/C17H20N2O6S/c1-26(21,22)19(12-14-3-2-8-23-14)7-6-17(20)18-13-4-5-15-16(11-13)25-10-9-24-15/h2-5,8,11H,6-7,9-10,12H2,1H3,(H,18,20). The Morgan fingerprint density at radius 3 is 2.65 bits per heavy atom. The van der Waals surface area contributed by atoms with Crippen LogP contribution in [0, 0.1) is 0 Å². The predicted octanol–water partition coefficient (Wildman–Crippen LogP) is 1.84. The summed E-state index contributed by atoms with van der Waals surface area (Å²) in [6.07, 6.45) is 2.60. The van der Waals surface area contributed by atoms with E-state index in [1.165, 1.54) is 10.6 Å². The molecule has 9 heteroatoms. The summed E-state index contributed by atoms with van der Waals surface area (Å²) >= 11 is 0. The number of anilines is 1. The minimum Gasteiger partial charge on any atom is -0.486 e. The fourth-order valence-corrected chi connectivity index (χ4v) is 3.29. The van der Waals surface area contributed by atoms with Crippen LogP contribution in [0.15, 0.2) is 41.0 Å². The van der Waals surface area contributed by atoms with Crippen LogP contribution in [0.25, 0.3) is 0 Å². The van der Waals surface area contributed by atoms with Gasteiger partial charge in [-0.05, 0) is 24.3 Å². The lowest BCUT2D eigenvalue weighted by molar-refractivity contribution is -0.116. The van der Waals surface area contributed by atoms with Crippen molar-refractivity contribution in [3.63, 3.8) is 0 Å². The van der Waals surface area contributed by atoms with Crippen molar-refractivity contribution in [3.8, 4) is 11.5 Å². The van der Waals surface area contributed by atoms with E-state index in [0.29, 0.717) is 36.2 Å². The van der Waals surface area contributed by atoms with E-state index in [9.17, 15) is 13.2 Å². The predicted molar refractivity (Wildman–Crippen MR) is 94.6 cm³/mol. The van der Waals surface area contributed by atoms with Crippen molar-refractivity contribution in [1.82, 2.24) is 4.31 Å². The van der Waals surface area contributed by atoms with Crippen molar-refractivity contribution in [3.05, 3.63) is 42.4 Å². The van der Waals surface area contributed by atoms with E-state index in [-0.39, 0.29) is 25.4 Å². The van der Waals surface area contributed by atoms with E-state index >= 15 is 0 Å². The number of hydrogen-bond acceptors (Lipinski definition) is 6. The van der Waals surface area contributed by atoms with Crippen molar-refractivity contribution in [1.29, 1.82) is 0 Å². The van der Waals surface area contributed by atoms with Crippen molar-refractivity contribution in [2.24, 2.45) is 0 Å². The number of carbonyl (C=O) groups excluding carboxylic acids is 1. The number of nitrogens with zero attached hydrogens (tertiary/aromatic N) is 1. The molecule has 0 fully saturated rings. The van der Waals surface area contributed by atoms with Crippen LogP contribution in [0.3, 0.4) is 0 Å². The number of amides is 1. The van der Waals surface area contributed by atoms with Gasteiger partial charge in [0.1, 0.15) is 19.0 Å². The molecule has 0 saturated heterocycles. The van der Waals surface area contributed by atoms with Crippen LogP contribution in [-0.4, -0.2) is 44.6 Å². The summed E-state index contributed by atoms with van der Waals surface area (Å²) in [5, 5.41) is 2.74. The highest BCUT2D eigenvalue weighted by Crippen LogP contribution is 2.32. The first-order chi connectivity index (χ1) is 12.4. The van der Waals surface area contributed by atoms with E-state index in [4.69, 9.17) is 13.9 Å². The number of rotatable bonds is 7. The molecule has 2 heterocycles. The lowest BCUT2D eigenvalue weighted by Crippen LogP contribution is -2.32. The monoisotopic (exact) mass is 380 g/mol. The zero-order valence-corrected chi connectivity index (χ0v) is 15.1. The molecule has 1 amide bonds. The molecule has 0 saturated carbocycles. The average molecular weight is 380 g/mol. The molecule has 0 radical (unpaired) electrons. The molecule has 1 N–H and O–H groups in total. The first-order valence-electron chi connectivity index (χ1n) is 8.09. The van der Waals surface area contributed by atoms with Gasteiger partial charge in [-0.1, -0.05) is 0 Å². The van der Waals surface area contributed by atoms with E-state index in [1.54, 1.807) is 30.3 Å². The third-order valence-electron chi connectivity index (χ3n) is 3.80. The fourth-order valence-electron chi connectivity index (χ4n) is 2.51. The van der Waals surface area contributed by atoms with Crippen molar-refractivity contribution in [2.75, 3.05) is 31.3 Å². The Bertz CT molecular complexity index is 863. The van der Waals surface area contributed by atoms with E-state index in [0.717, 1.165) is 6.26 Å². The van der Waals surface area contributed by atoms with E-state index < -0.39 is 10.0 Å². The smallest absolute Gasteiger partial charge is 0.225 e. The Morgan fingerprint density at radius 2 is 1.96 bits per heavy atom. The Balaban J connectivity index is 1.58. The summed E-state index contributed by atoms with van der Waals surface area (Å²) in [6.45, 7) is 1.09. The van der Waals surface area contributed by atoms with Gasteiger partial charge in [-0.15, -0.1) is 0 Å².